The van der Waals surface area contributed by atoms with Gasteiger partial charge in [-0.15, -0.1) is 0 Å². The summed E-state index contributed by atoms with van der Waals surface area (Å²) in [6.07, 6.45) is 0. The highest BCUT2D eigenvalue weighted by Gasteiger charge is 1.77. The minimum atomic E-state index is -0.375. The van der Waals surface area contributed by atoms with Gasteiger partial charge in [0.25, 0.3) is 0 Å². The lowest BCUT2D eigenvalue weighted by molar-refractivity contribution is -0.142. The van der Waals surface area contributed by atoms with E-state index in [0.29, 0.717) is 0 Å². The lowest BCUT2D eigenvalue weighted by atomic mass is 11.3. The van der Waals surface area contributed by atoms with E-state index in [-0.39, 0.29) is 20.4 Å². The van der Waals surface area contributed by atoms with Crippen LogP contribution in [0.1, 0.15) is 0 Å². The number of hydrogen-bond donors (Lipinski definition) is 2. The fourth-order valence-electron chi connectivity index (χ4n) is 0.133. The van der Waals surface area contributed by atoms with E-state index >= 15 is 0 Å². The lowest BCUT2D eigenvalue weighted by Gasteiger charge is -1.96. The molecule has 4 nitrogen and oxygen atoms in total. The number of rotatable bonds is 4. The molecule has 0 aromatic carbocycles. The fourth-order valence-corrected chi connectivity index (χ4v) is 0.133. The van der Waals surface area contributed by atoms with E-state index in [9.17, 15) is 0 Å². The highest BCUT2D eigenvalue weighted by Crippen LogP contribution is 1.70. The van der Waals surface area contributed by atoms with Gasteiger partial charge in [-0.05, 0) is 0 Å². The topological polar surface area (TPSA) is 58.9 Å². The Kier molecular flexibility index (Phi) is 5.71. The first-order valence-corrected chi connectivity index (χ1v) is 1.79. The van der Waals surface area contributed by atoms with Crippen molar-refractivity contribution in [3.05, 3.63) is 0 Å². The monoisotopic (exact) mass is 108 g/mol. The van der Waals surface area contributed by atoms with E-state index in [4.69, 9.17) is 10.2 Å². The molecule has 0 aromatic rings. The Hall–Kier alpha value is -0.160. The molecular formula is C3H8O4. The Balaban J connectivity index is 2.45. The van der Waals surface area contributed by atoms with Crippen molar-refractivity contribution in [3.8, 4) is 0 Å². The fraction of sp³-hybridized carbons (Fsp3) is 1.00. The minimum Gasteiger partial charge on any atom is -0.371 e. The predicted molar refractivity (Wildman–Crippen MR) is 21.2 cm³/mol. The molecule has 0 aliphatic carbocycles. The Labute approximate surface area is 41.3 Å². The summed E-state index contributed by atoms with van der Waals surface area (Å²) in [5.41, 5.74) is 0. The van der Waals surface area contributed by atoms with Crippen LogP contribution in [0.5, 0.6) is 0 Å². The smallest absolute Gasteiger partial charge is 0.152 e. The number of aliphatic hydroxyl groups is 2. The Morgan fingerprint density at radius 2 is 1.43 bits per heavy atom. The normalized spacial score (nSPS) is 9.43. The number of aliphatic hydroxyl groups excluding tert-OH is 2. The summed E-state index contributed by atoms with van der Waals surface area (Å²) >= 11 is 0. The molecule has 0 aliphatic heterocycles. The van der Waals surface area contributed by atoms with Crippen LogP contribution in [0.25, 0.3) is 0 Å². The zero-order valence-electron chi connectivity index (χ0n) is 3.83. The van der Waals surface area contributed by atoms with E-state index in [0.717, 1.165) is 0 Å². The standard InChI is InChI=1S/C3H8O4/c4-1-6-3-7-2-5/h4-5H,1-3H2. The second kappa shape index (κ2) is 5.84. The van der Waals surface area contributed by atoms with Crippen LogP contribution in [0.15, 0.2) is 0 Å². The van der Waals surface area contributed by atoms with E-state index in [1.165, 1.54) is 0 Å². The third-order valence-electron chi connectivity index (χ3n) is 0.349. The molecule has 0 radical (unpaired) electrons. The minimum absolute atomic E-state index is 0.0625. The van der Waals surface area contributed by atoms with E-state index in [1.807, 2.05) is 0 Å². The maximum Gasteiger partial charge on any atom is 0.152 e. The van der Waals surface area contributed by atoms with Crippen LogP contribution in [-0.4, -0.2) is 30.6 Å². The molecule has 44 valence electrons. The summed E-state index contributed by atoms with van der Waals surface area (Å²) in [6, 6.07) is 0. The number of ether oxygens (including phenoxy) is 2. The van der Waals surface area contributed by atoms with Crippen molar-refractivity contribution in [2.24, 2.45) is 0 Å². The van der Waals surface area contributed by atoms with E-state index in [1.54, 1.807) is 0 Å². The van der Waals surface area contributed by atoms with Gasteiger partial charge in [0.15, 0.2) is 6.79 Å². The van der Waals surface area contributed by atoms with Crippen molar-refractivity contribution in [3.63, 3.8) is 0 Å². The van der Waals surface area contributed by atoms with Crippen LogP contribution in [0.2, 0.25) is 0 Å². The van der Waals surface area contributed by atoms with Crippen molar-refractivity contribution in [1.82, 2.24) is 0 Å². The number of hydrogen-bond acceptors (Lipinski definition) is 4. The average Bonchev–Trinajstić information content (AvgIpc) is 1.69. The molecule has 0 saturated heterocycles. The first-order valence-electron chi connectivity index (χ1n) is 1.79. The summed E-state index contributed by atoms with van der Waals surface area (Å²) in [5.74, 6) is 0. The van der Waals surface area contributed by atoms with Crippen molar-refractivity contribution in [2.75, 3.05) is 20.4 Å². The molecule has 0 rings (SSSR count). The zero-order chi connectivity index (χ0) is 5.54. The molecule has 0 heterocycles. The molecule has 0 aliphatic rings. The van der Waals surface area contributed by atoms with Crippen LogP contribution in [-0.2, 0) is 9.47 Å². The molecule has 0 saturated carbocycles. The summed E-state index contributed by atoms with van der Waals surface area (Å²) in [7, 11) is 0. The maximum atomic E-state index is 7.91. The third kappa shape index (κ3) is 5.84. The lowest BCUT2D eigenvalue weighted by Crippen LogP contribution is -2.00. The van der Waals surface area contributed by atoms with Gasteiger partial charge in [-0.25, -0.2) is 0 Å². The van der Waals surface area contributed by atoms with Crippen molar-refractivity contribution in [2.45, 2.75) is 0 Å². The van der Waals surface area contributed by atoms with Crippen molar-refractivity contribution in [1.29, 1.82) is 0 Å². The van der Waals surface area contributed by atoms with Crippen LogP contribution in [0.4, 0.5) is 0 Å². The molecule has 0 fully saturated rings. The molecule has 0 amide bonds. The van der Waals surface area contributed by atoms with Crippen molar-refractivity contribution < 1.29 is 19.7 Å². The molecular weight excluding hydrogens is 100 g/mol. The Morgan fingerprint density at radius 1 is 1.00 bits per heavy atom. The maximum absolute atomic E-state index is 7.91. The third-order valence-corrected chi connectivity index (χ3v) is 0.349. The van der Waals surface area contributed by atoms with Crippen LogP contribution in [0, 0.1) is 0 Å². The molecule has 0 unspecified atom stereocenters. The molecule has 0 spiro atoms. The zero-order valence-corrected chi connectivity index (χ0v) is 3.83. The summed E-state index contributed by atoms with van der Waals surface area (Å²) in [6.45, 7) is -0.812. The molecule has 7 heavy (non-hydrogen) atoms. The first kappa shape index (κ1) is 6.84. The van der Waals surface area contributed by atoms with Gasteiger partial charge < -0.3 is 19.7 Å². The highest BCUT2D eigenvalue weighted by atomic mass is 16.7. The summed E-state index contributed by atoms with van der Waals surface area (Å²) in [5, 5.41) is 15.8. The second-order valence-electron chi connectivity index (χ2n) is 0.784. The summed E-state index contributed by atoms with van der Waals surface area (Å²) in [4.78, 5) is 0. The van der Waals surface area contributed by atoms with Crippen LogP contribution < -0.4 is 0 Å². The Morgan fingerprint density at radius 3 is 1.71 bits per heavy atom. The van der Waals surface area contributed by atoms with Crippen LogP contribution >= 0.6 is 0 Å². The van der Waals surface area contributed by atoms with Gasteiger partial charge in [0.2, 0.25) is 0 Å². The highest BCUT2D eigenvalue weighted by molar-refractivity contribution is 3.94. The van der Waals surface area contributed by atoms with Gasteiger partial charge in [-0.3, -0.25) is 0 Å². The van der Waals surface area contributed by atoms with E-state index < -0.39 is 0 Å². The molecule has 2 N–H and O–H groups in total. The average molecular weight is 108 g/mol. The van der Waals surface area contributed by atoms with Crippen LogP contribution in [0.3, 0.4) is 0 Å². The Bertz CT molecular complexity index is 26.1. The van der Waals surface area contributed by atoms with Crippen molar-refractivity contribution >= 4 is 0 Å². The predicted octanol–water partition coefficient (Wildman–Crippen LogP) is -1.12. The summed E-state index contributed by atoms with van der Waals surface area (Å²) < 4.78 is 8.49. The van der Waals surface area contributed by atoms with Gasteiger partial charge in [0.05, 0.1) is 0 Å². The SMILES string of the molecule is OCOCOCO. The largest absolute Gasteiger partial charge is 0.371 e. The van der Waals surface area contributed by atoms with Gasteiger partial charge in [-0.2, -0.15) is 0 Å². The molecule has 0 aromatic heterocycles. The molecule has 0 bridgehead atoms. The second-order valence-corrected chi connectivity index (χ2v) is 0.784. The van der Waals surface area contributed by atoms with E-state index in [2.05, 4.69) is 9.47 Å². The van der Waals surface area contributed by atoms with Gasteiger partial charge >= 0.3 is 0 Å². The van der Waals surface area contributed by atoms with Gasteiger partial charge in [0, 0.05) is 0 Å². The quantitative estimate of drug-likeness (QED) is 0.353. The van der Waals surface area contributed by atoms with Gasteiger partial charge in [-0.1, -0.05) is 0 Å². The first-order chi connectivity index (χ1) is 3.41. The molecule has 0 atom stereocenters. The molecule has 4 heteroatoms. The van der Waals surface area contributed by atoms with Gasteiger partial charge in [0.1, 0.15) is 13.6 Å².